The molecule has 0 bridgehead atoms. The van der Waals surface area contributed by atoms with Crippen LogP contribution in [0.3, 0.4) is 0 Å². The first-order valence-electron chi connectivity index (χ1n) is 7.01. The van der Waals surface area contributed by atoms with Crippen molar-refractivity contribution in [3.05, 3.63) is 34.6 Å². The lowest BCUT2D eigenvalue weighted by molar-refractivity contribution is 0.268. The molecular weight excluding hydrogens is 261 g/mol. The summed E-state index contributed by atoms with van der Waals surface area (Å²) >= 11 is 5.70. The van der Waals surface area contributed by atoms with E-state index >= 15 is 0 Å². The monoisotopic (exact) mass is 285 g/mol. The first-order valence-corrected chi connectivity index (χ1v) is 7.39. The van der Waals surface area contributed by atoms with E-state index < -0.39 is 0 Å². The molecule has 1 aromatic rings. The molecule has 108 valence electrons. The number of hydrogen-bond acceptors (Lipinski definition) is 1. The summed E-state index contributed by atoms with van der Waals surface area (Å²) in [4.78, 5) is 0. The molecule has 0 spiro atoms. The lowest BCUT2D eigenvalue weighted by Gasteiger charge is -2.27. The van der Waals surface area contributed by atoms with E-state index in [-0.39, 0.29) is 16.9 Å². The van der Waals surface area contributed by atoms with Gasteiger partial charge in [0.05, 0.1) is 5.02 Å². The van der Waals surface area contributed by atoms with Gasteiger partial charge in [0.25, 0.3) is 0 Å². The van der Waals surface area contributed by atoms with E-state index in [2.05, 4.69) is 39.9 Å². The van der Waals surface area contributed by atoms with Crippen LogP contribution in [-0.4, -0.2) is 6.54 Å². The van der Waals surface area contributed by atoms with Gasteiger partial charge in [-0.25, -0.2) is 4.39 Å². The molecule has 1 aromatic carbocycles. The first kappa shape index (κ1) is 16.5. The number of rotatable bonds is 6. The van der Waals surface area contributed by atoms with Crippen molar-refractivity contribution in [2.24, 2.45) is 17.8 Å². The Morgan fingerprint density at radius 3 is 2.16 bits per heavy atom. The highest BCUT2D eigenvalue weighted by molar-refractivity contribution is 6.30. The smallest absolute Gasteiger partial charge is 0.142 e. The molecule has 1 N–H and O–H groups in total. The highest BCUT2D eigenvalue weighted by Gasteiger charge is 2.18. The lowest BCUT2D eigenvalue weighted by atomic mass is 9.85. The maximum Gasteiger partial charge on any atom is 0.142 e. The van der Waals surface area contributed by atoms with Crippen LogP contribution in [0.1, 0.15) is 46.2 Å². The second-order valence-electron chi connectivity index (χ2n) is 5.96. The van der Waals surface area contributed by atoms with Gasteiger partial charge < -0.3 is 5.32 Å². The van der Waals surface area contributed by atoms with Crippen LogP contribution in [0.4, 0.5) is 4.39 Å². The van der Waals surface area contributed by atoms with E-state index in [1.807, 2.05) is 6.07 Å². The average molecular weight is 286 g/mol. The van der Waals surface area contributed by atoms with Crippen molar-refractivity contribution in [2.45, 2.75) is 40.7 Å². The molecule has 0 aliphatic heterocycles. The molecule has 1 nitrogen and oxygen atoms in total. The molecule has 0 amide bonds. The summed E-state index contributed by atoms with van der Waals surface area (Å²) in [5.41, 5.74) is 0.938. The van der Waals surface area contributed by atoms with Crippen molar-refractivity contribution in [3.8, 4) is 0 Å². The summed E-state index contributed by atoms with van der Waals surface area (Å²) in [7, 11) is 0. The van der Waals surface area contributed by atoms with Crippen LogP contribution in [0.15, 0.2) is 18.2 Å². The SMILES string of the molecule is CC(NCC(C(C)C)C(C)C)c1ccc(Cl)c(F)c1. The molecule has 0 fully saturated rings. The van der Waals surface area contributed by atoms with Gasteiger partial charge in [-0.05, 0) is 48.9 Å². The fourth-order valence-electron chi connectivity index (χ4n) is 2.45. The van der Waals surface area contributed by atoms with Crippen LogP contribution < -0.4 is 5.32 Å². The number of benzene rings is 1. The van der Waals surface area contributed by atoms with Gasteiger partial charge in [-0.1, -0.05) is 45.4 Å². The molecule has 0 aromatic heterocycles. The van der Waals surface area contributed by atoms with E-state index in [0.29, 0.717) is 17.8 Å². The van der Waals surface area contributed by atoms with Crippen molar-refractivity contribution in [1.29, 1.82) is 0 Å². The lowest BCUT2D eigenvalue weighted by Crippen LogP contribution is -2.31. The van der Waals surface area contributed by atoms with Crippen LogP contribution in [0.25, 0.3) is 0 Å². The van der Waals surface area contributed by atoms with E-state index in [9.17, 15) is 4.39 Å². The molecule has 19 heavy (non-hydrogen) atoms. The Bertz CT molecular complexity index is 396. The second-order valence-corrected chi connectivity index (χ2v) is 6.36. The van der Waals surface area contributed by atoms with Crippen molar-refractivity contribution >= 4 is 11.6 Å². The van der Waals surface area contributed by atoms with E-state index in [1.54, 1.807) is 6.07 Å². The third-order valence-electron chi connectivity index (χ3n) is 3.82. The van der Waals surface area contributed by atoms with Gasteiger partial charge in [0.15, 0.2) is 0 Å². The molecule has 0 saturated heterocycles. The minimum atomic E-state index is -0.350. The summed E-state index contributed by atoms with van der Waals surface area (Å²) in [6.45, 7) is 12.0. The van der Waals surface area contributed by atoms with Gasteiger partial charge in [-0.3, -0.25) is 0 Å². The summed E-state index contributed by atoms with van der Waals surface area (Å²) in [6.07, 6.45) is 0. The van der Waals surface area contributed by atoms with E-state index in [4.69, 9.17) is 11.6 Å². The molecule has 0 aliphatic rings. The maximum atomic E-state index is 13.4. The van der Waals surface area contributed by atoms with Crippen LogP contribution in [-0.2, 0) is 0 Å². The van der Waals surface area contributed by atoms with Crippen LogP contribution in [0.2, 0.25) is 5.02 Å². The predicted molar refractivity (Wildman–Crippen MR) is 81.0 cm³/mol. The largest absolute Gasteiger partial charge is 0.310 e. The van der Waals surface area contributed by atoms with Gasteiger partial charge in [-0.2, -0.15) is 0 Å². The van der Waals surface area contributed by atoms with Gasteiger partial charge in [0, 0.05) is 6.04 Å². The number of hydrogen-bond donors (Lipinski definition) is 1. The van der Waals surface area contributed by atoms with Crippen molar-refractivity contribution < 1.29 is 4.39 Å². The summed E-state index contributed by atoms with van der Waals surface area (Å²) in [6, 6.07) is 5.14. The topological polar surface area (TPSA) is 12.0 Å². The predicted octanol–water partition coefficient (Wildman–Crippen LogP) is 5.06. The zero-order valence-electron chi connectivity index (χ0n) is 12.5. The Kier molecular flexibility index (Phi) is 6.28. The minimum absolute atomic E-state index is 0.131. The number of halogens is 2. The van der Waals surface area contributed by atoms with Crippen molar-refractivity contribution in [2.75, 3.05) is 6.54 Å². The zero-order valence-corrected chi connectivity index (χ0v) is 13.3. The third-order valence-corrected chi connectivity index (χ3v) is 4.12. The summed E-state index contributed by atoms with van der Waals surface area (Å²) in [5, 5.41) is 3.68. The highest BCUT2D eigenvalue weighted by atomic mass is 35.5. The van der Waals surface area contributed by atoms with Gasteiger partial charge >= 0.3 is 0 Å². The fourth-order valence-corrected chi connectivity index (χ4v) is 2.57. The molecule has 0 saturated carbocycles. The molecular formula is C16H25ClFN. The minimum Gasteiger partial charge on any atom is -0.310 e. The summed E-state index contributed by atoms with van der Waals surface area (Å²) in [5.74, 6) is 1.56. The van der Waals surface area contributed by atoms with Crippen LogP contribution in [0, 0.1) is 23.6 Å². The zero-order chi connectivity index (χ0) is 14.6. The van der Waals surface area contributed by atoms with E-state index in [1.165, 1.54) is 6.07 Å². The normalized spacial score (nSPS) is 13.6. The van der Waals surface area contributed by atoms with Crippen molar-refractivity contribution in [3.63, 3.8) is 0 Å². The third kappa shape index (κ3) is 4.77. The Morgan fingerprint density at radius 2 is 1.68 bits per heavy atom. The highest BCUT2D eigenvalue weighted by Crippen LogP contribution is 2.23. The van der Waals surface area contributed by atoms with Crippen LogP contribution in [0.5, 0.6) is 0 Å². The molecule has 1 atom stereocenters. The molecule has 1 rings (SSSR count). The molecule has 0 aliphatic carbocycles. The average Bonchev–Trinajstić information content (AvgIpc) is 2.31. The second kappa shape index (κ2) is 7.25. The fraction of sp³-hybridized carbons (Fsp3) is 0.625. The summed E-state index contributed by atoms with van der Waals surface area (Å²) < 4.78 is 13.4. The Labute approximate surface area is 121 Å². The number of nitrogens with one attached hydrogen (secondary N) is 1. The Hall–Kier alpha value is -0.600. The van der Waals surface area contributed by atoms with Gasteiger partial charge in [-0.15, -0.1) is 0 Å². The Morgan fingerprint density at radius 1 is 1.11 bits per heavy atom. The van der Waals surface area contributed by atoms with Gasteiger partial charge in [0.2, 0.25) is 0 Å². The molecule has 0 radical (unpaired) electrons. The van der Waals surface area contributed by atoms with Crippen LogP contribution >= 0.6 is 11.6 Å². The van der Waals surface area contributed by atoms with E-state index in [0.717, 1.165) is 12.1 Å². The molecule has 0 heterocycles. The van der Waals surface area contributed by atoms with Crippen molar-refractivity contribution in [1.82, 2.24) is 5.32 Å². The molecule has 3 heteroatoms. The van der Waals surface area contributed by atoms with Gasteiger partial charge in [0.1, 0.15) is 5.82 Å². The standard InChI is InChI=1S/C16H25ClFN/c1-10(2)14(11(3)4)9-19-12(5)13-6-7-15(17)16(18)8-13/h6-8,10-12,14,19H,9H2,1-5H3. The Balaban J connectivity index is 2.63. The first-order chi connectivity index (χ1) is 8.82. The quantitative estimate of drug-likeness (QED) is 0.770. The maximum absolute atomic E-state index is 13.4. The molecule has 1 unspecified atom stereocenters.